The Bertz CT molecular complexity index is 1180. The third-order valence-corrected chi connectivity index (χ3v) is 13.0. The summed E-state index contributed by atoms with van der Waals surface area (Å²) in [4.78, 5) is 23.2. The van der Waals surface area contributed by atoms with Crippen LogP contribution in [0.5, 0.6) is 0 Å². The quantitative estimate of drug-likeness (QED) is 0.0243. The molecule has 0 aliphatic carbocycles. The summed E-state index contributed by atoms with van der Waals surface area (Å²) in [7, 11) is 1.54. The average Bonchev–Trinajstić information content (AvgIpc) is 3.25. The maximum Gasteiger partial charge on any atom is 0.472 e. The third kappa shape index (κ3) is 48.4. The highest BCUT2D eigenvalue weighted by Gasteiger charge is 2.27. The van der Waals surface area contributed by atoms with Gasteiger partial charge < -0.3 is 19.8 Å². The van der Waals surface area contributed by atoms with Crippen LogP contribution in [0.3, 0.4) is 0 Å². The summed E-state index contributed by atoms with van der Waals surface area (Å²) < 4.78 is 23.6. The van der Waals surface area contributed by atoms with Gasteiger partial charge in [0, 0.05) is 6.42 Å². The van der Waals surface area contributed by atoms with Gasteiger partial charge in [-0.15, -0.1) is 0 Å². The SMILES string of the molecule is CCCCCC/C=C\CCCCCCCC(=O)NC(COP(=O)(O)OCC[N+](C)(C)C)C(O)/C=C/CC/C=C/CC/C=C/CCCCCCCCCCCCCCCCCCCCC. The lowest BCUT2D eigenvalue weighted by atomic mass is 10.0. The number of unbranched alkanes of at least 4 members (excludes halogenated alkanes) is 30. The number of quaternary nitrogens is 1. The van der Waals surface area contributed by atoms with Crippen molar-refractivity contribution in [2.24, 2.45) is 0 Å². The summed E-state index contributed by atoms with van der Waals surface area (Å²) in [6.45, 7) is 4.77. The molecule has 1 amide bonds. The minimum absolute atomic E-state index is 0.0511. The van der Waals surface area contributed by atoms with E-state index in [9.17, 15) is 19.4 Å². The van der Waals surface area contributed by atoms with Crippen molar-refractivity contribution < 1.29 is 32.9 Å². The number of nitrogens with one attached hydrogen (secondary N) is 1. The molecule has 0 spiro atoms. The van der Waals surface area contributed by atoms with E-state index >= 15 is 0 Å². The highest BCUT2D eigenvalue weighted by Crippen LogP contribution is 2.43. The average molecular weight is 922 g/mol. The van der Waals surface area contributed by atoms with Crippen LogP contribution in [0.15, 0.2) is 48.6 Å². The van der Waals surface area contributed by atoms with E-state index in [0.717, 1.165) is 57.8 Å². The standard InChI is InChI=1S/C55H105N2O6P/c1-6-8-10-12-14-16-18-20-21-22-23-24-25-26-27-28-29-30-31-32-33-34-35-37-38-40-42-44-46-48-54(58)53(52-63-64(60,61)62-51-50-57(3,4)5)56-55(59)49-47-45-43-41-39-36-19-17-15-13-11-9-7-2/h17,19,33-34,38,40,46,48,53-54,58H,6-16,18,20-32,35-37,39,41-45,47,49-52H2,1-5H3,(H-,56,59,60,61)/p+1/b19-17-,34-33+,40-38+,48-46+. The van der Waals surface area contributed by atoms with E-state index in [4.69, 9.17) is 9.05 Å². The molecule has 64 heavy (non-hydrogen) atoms. The summed E-state index contributed by atoms with van der Waals surface area (Å²) in [5.74, 6) is -0.201. The van der Waals surface area contributed by atoms with E-state index in [2.05, 4.69) is 55.6 Å². The number of amides is 1. The number of rotatable bonds is 49. The van der Waals surface area contributed by atoms with Gasteiger partial charge in [0.25, 0.3) is 0 Å². The van der Waals surface area contributed by atoms with Gasteiger partial charge in [0.2, 0.25) is 5.91 Å². The van der Waals surface area contributed by atoms with Gasteiger partial charge in [-0.1, -0.05) is 217 Å². The van der Waals surface area contributed by atoms with Gasteiger partial charge in [-0.05, 0) is 70.6 Å². The molecule has 3 unspecified atom stereocenters. The van der Waals surface area contributed by atoms with E-state index in [1.165, 1.54) is 167 Å². The topological polar surface area (TPSA) is 105 Å². The van der Waals surface area contributed by atoms with Crippen LogP contribution in [0.1, 0.15) is 245 Å². The van der Waals surface area contributed by atoms with Crippen molar-refractivity contribution in [3.63, 3.8) is 0 Å². The smallest absolute Gasteiger partial charge is 0.387 e. The summed E-state index contributed by atoms with van der Waals surface area (Å²) in [6.07, 6.45) is 60.8. The predicted octanol–water partition coefficient (Wildman–Crippen LogP) is 16.0. The Kier molecular flexibility index (Phi) is 45.4. The maximum atomic E-state index is 12.9. The fraction of sp³-hybridized carbons (Fsp3) is 0.836. The Balaban J connectivity index is 4.24. The van der Waals surface area contributed by atoms with E-state index in [1.807, 2.05) is 27.2 Å². The largest absolute Gasteiger partial charge is 0.472 e. The van der Waals surface area contributed by atoms with E-state index in [0.29, 0.717) is 17.4 Å². The highest BCUT2D eigenvalue weighted by atomic mass is 31.2. The van der Waals surface area contributed by atoms with Crippen LogP contribution in [-0.4, -0.2) is 73.4 Å². The van der Waals surface area contributed by atoms with Crippen LogP contribution < -0.4 is 5.32 Å². The number of nitrogens with zero attached hydrogens (tertiary/aromatic N) is 1. The minimum Gasteiger partial charge on any atom is -0.387 e. The molecule has 0 fully saturated rings. The molecular formula is C55H106N2O6P+. The van der Waals surface area contributed by atoms with Crippen molar-refractivity contribution in [2.75, 3.05) is 40.9 Å². The molecule has 3 N–H and O–H groups in total. The van der Waals surface area contributed by atoms with Gasteiger partial charge in [0.15, 0.2) is 0 Å². The van der Waals surface area contributed by atoms with Crippen molar-refractivity contribution in [3.8, 4) is 0 Å². The number of hydrogen-bond donors (Lipinski definition) is 3. The van der Waals surface area contributed by atoms with Crippen LogP contribution in [-0.2, 0) is 18.4 Å². The van der Waals surface area contributed by atoms with Crippen LogP contribution in [0.25, 0.3) is 0 Å². The van der Waals surface area contributed by atoms with Crippen LogP contribution in [0.4, 0.5) is 0 Å². The lowest BCUT2D eigenvalue weighted by Crippen LogP contribution is -2.45. The molecule has 0 aliphatic rings. The Morgan fingerprint density at radius 3 is 1.27 bits per heavy atom. The normalized spacial score (nSPS) is 14.4. The first kappa shape index (κ1) is 62.5. The second-order valence-electron chi connectivity index (χ2n) is 19.6. The zero-order chi connectivity index (χ0) is 47.1. The summed E-state index contributed by atoms with van der Waals surface area (Å²) >= 11 is 0. The summed E-state index contributed by atoms with van der Waals surface area (Å²) in [5.41, 5.74) is 0. The van der Waals surface area contributed by atoms with E-state index < -0.39 is 20.0 Å². The Morgan fingerprint density at radius 2 is 0.859 bits per heavy atom. The zero-order valence-electron chi connectivity index (χ0n) is 42.8. The summed E-state index contributed by atoms with van der Waals surface area (Å²) in [5, 5.41) is 13.8. The number of aliphatic hydroxyl groups excluding tert-OH is 1. The van der Waals surface area contributed by atoms with Gasteiger partial charge in [-0.3, -0.25) is 13.8 Å². The maximum absolute atomic E-state index is 12.9. The molecule has 3 atom stereocenters. The lowest BCUT2D eigenvalue weighted by molar-refractivity contribution is -0.870. The zero-order valence-corrected chi connectivity index (χ0v) is 43.7. The van der Waals surface area contributed by atoms with Gasteiger partial charge >= 0.3 is 7.82 Å². The number of carbonyl (C=O) groups excluding carboxylic acids is 1. The van der Waals surface area contributed by atoms with Gasteiger partial charge in [0.05, 0.1) is 39.9 Å². The number of phosphoric acid groups is 1. The predicted molar refractivity (Wildman–Crippen MR) is 277 cm³/mol. The van der Waals surface area contributed by atoms with Gasteiger partial charge in [-0.2, -0.15) is 0 Å². The van der Waals surface area contributed by atoms with Crippen molar-refractivity contribution >= 4 is 13.7 Å². The monoisotopic (exact) mass is 922 g/mol. The first-order valence-corrected chi connectivity index (χ1v) is 28.5. The van der Waals surface area contributed by atoms with Crippen LogP contribution >= 0.6 is 7.82 Å². The van der Waals surface area contributed by atoms with Crippen LogP contribution in [0, 0.1) is 0 Å². The van der Waals surface area contributed by atoms with Crippen molar-refractivity contribution in [2.45, 2.75) is 257 Å². The van der Waals surface area contributed by atoms with Crippen molar-refractivity contribution in [1.29, 1.82) is 0 Å². The number of aliphatic hydroxyl groups is 1. The second kappa shape index (κ2) is 46.6. The summed E-state index contributed by atoms with van der Waals surface area (Å²) in [6, 6.07) is -0.874. The third-order valence-electron chi connectivity index (χ3n) is 12.0. The molecule has 0 heterocycles. The Hall–Kier alpha value is -1.54. The number of likely N-dealkylation sites (N-methyl/N-ethyl adjacent to an activating group) is 1. The molecule has 9 heteroatoms. The van der Waals surface area contributed by atoms with E-state index in [-0.39, 0.29) is 19.1 Å². The van der Waals surface area contributed by atoms with Gasteiger partial charge in [0.1, 0.15) is 13.2 Å². The lowest BCUT2D eigenvalue weighted by Gasteiger charge is -2.25. The number of allylic oxidation sites excluding steroid dienone is 7. The molecule has 0 bridgehead atoms. The molecule has 0 radical (unpaired) electrons. The fourth-order valence-corrected chi connectivity index (χ4v) is 8.45. The highest BCUT2D eigenvalue weighted by molar-refractivity contribution is 7.47. The van der Waals surface area contributed by atoms with Crippen molar-refractivity contribution in [3.05, 3.63) is 48.6 Å². The fourth-order valence-electron chi connectivity index (χ4n) is 7.72. The Morgan fingerprint density at radius 1 is 0.516 bits per heavy atom. The number of hydrogen-bond acceptors (Lipinski definition) is 5. The molecule has 0 aromatic heterocycles. The molecule has 0 saturated carbocycles. The molecule has 376 valence electrons. The first-order valence-electron chi connectivity index (χ1n) is 27.0. The van der Waals surface area contributed by atoms with Gasteiger partial charge in [-0.25, -0.2) is 4.57 Å². The molecule has 0 aromatic rings. The van der Waals surface area contributed by atoms with E-state index in [1.54, 1.807) is 6.08 Å². The number of carbonyl (C=O) groups is 1. The van der Waals surface area contributed by atoms with Crippen LogP contribution in [0.2, 0.25) is 0 Å². The molecule has 0 rings (SSSR count). The molecule has 0 aromatic carbocycles. The molecule has 0 aliphatic heterocycles. The Labute approximate surface area is 397 Å². The van der Waals surface area contributed by atoms with Crippen molar-refractivity contribution in [1.82, 2.24) is 5.32 Å². The first-order chi connectivity index (χ1) is 31.0. The molecular weight excluding hydrogens is 816 g/mol. The second-order valence-corrected chi connectivity index (χ2v) is 21.0. The molecule has 8 nitrogen and oxygen atoms in total. The molecule has 0 saturated heterocycles. The number of phosphoric ester groups is 1. The minimum atomic E-state index is -4.36.